The molecule has 0 unspecified atom stereocenters. The molecule has 1 aliphatic rings. The summed E-state index contributed by atoms with van der Waals surface area (Å²) in [6, 6.07) is 5.48. The SMILES string of the molecule is CCNS(=O)(=O)c1cc(N(C)c2ncc[nH]2)ccc1-c1cnc(C2CCC(NC(=O)OC(C)C)CC2)s1. The zero-order valence-corrected chi connectivity index (χ0v) is 23.2. The van der Waals surface area contributed by atoms with Crippen molar-refractivity contribution >= 4 is 39.1 Å². The number of H-pyrrole nitrogens is 1. The predicted molar refractivity (Wildman–Crippen MR) is 145 cm³/mol. The monoisotopic (exact) mass is 546 g/mol. The molecule has 2 aromatic heterocycles. The van der Waals surface area contributed by atoms with Gasteiger partial charge in [0.1, 0.15) is 0 Å². The Balaban J connectivity index is 1.54. The van der Waals surface area contributed by atoms with Crippen LogP contribution in [0, 0.1) is 0 Å². The van der Waals surface area contributed by atoms with Crippen LogP contribution in [0.5, 0.6) is 0 Å². The number of carbonyl (C=O) groups excluding carboxylic acids is 1. The third kappa shape index (κ3) is 6.49. The van der Waals surface area contributed by atoms with Crippen LogP contribution in [-0.2, 0) is 14.8 Å². The number of aromatic amines is 1. The Morgan fingerprint density at radius 1 is 1.24 bits per heavy atom. The number of aromatic nitrogens is 3. The highest BCUT2D eigenvalue weighted by Crippen LogP contribution is 2.40. The number of alkyl carbamates (subject to hydrolysis) is 1. The Hall–Kier alpha value is -2.96. The van der Waals surface area contributed by atoms with Crippen molar-refractivity contribution in [3.63, 3.8) is 0 Å². The average Bonchev–Trinajstić information content (AvgIpc) is 3.56. The van der Waals surface area contributed by atoms with Crippen LogP contribution in [0.25, 0.3) is 10.4 Å². The molecule has 2 heterocycles. The number of thiazole rings is 1. The third-order valence-electron chi connectivity index (χ3n) is 6.31. The maximum atomic E-state index is 13.2. The lowest BCUT2D eigenvalue weighted by Crippen LogP contribution is -2.38. The van der Waals surface area contributed by atoms with Gasteiger partial charge in [-0.1, -0.05) is 13.0 Å². The van der Waals surface area contributed by atoms with E-state index in [-0.39, 0.29) is 35.6 Å². The fourth-order valence-corrected chi connectivity index (χ4v) is 6.95. The highest BCUT2D eigenvalue weighted by Gasteiger charge is 2.27. The molecule has 37 heavy (non-hydrogen) atoms. The average molecular weight is 547 g/mol. The van der Waals surface area contributed by atoms with Gasteiger partial charge >= 0.3 is 6.09 Å². The summed E-state index contributed by atoms with van der Waals surface area (Å²) >= 11 is 1.53. The Bertz CT molecular complexity index is 1300. The van der Waals surface area contributed by atoms with Crippen LogP contribution in [0.3, 0.4) is 0 Å². The fourth-order valence-electron chi connectivity index (χ4n) is 4.48. The number of benzene rings is 1. The number of hydrogen-bond donors (Lipinski definition) is 3. The molecule has 0 aliphatic heterocycles. The highest BCUT2D eigenvalue weighted by molar-refractivity contribution is 7.89. The number of nitrogens with zero attached hydrogens (tertiary/aromatic N) is 3. The van der Waals surface area contributed by atoms with E-state index < -0.39 is 10.0 Å². The molecule has 1 aliphatic carbocycles. The molecule has 0 spiro atoms. The van der Waals surface area contributed by atoms with Gasteiger partial charge in [0.2, 0.25) is 16.0 Å². The second kappa shape index (κ2) is 11.6. The van der Waals surface area contributed by atoms with Gasteiger partial charge in [-0.3, -0.25) is 0 Å². The van der Waals surface area contributed by atoms with E-state index in [1.165, 1.54) is 11.3 Å². The predicted octanol–water partition coefficient (Wildman–Crippen LogP) is 4.76. The highest BCUT2D eigenvalue weighted by atomic mass is 32.2. The number of rotatable bonds is 9. The van der Waals surface area contributed by atoms with E-state index in [1.807, 2.05) is 33.0 Å². The van der Waals surface area contributed by atoms with Crippen molar-refractivity contribution in [1.29, 1.82) is 0 Å². The zero-order chi connectivity index (χ0) is 26.6. The van der Waals surface area contributed by atoms with E-state index in [0.29, 0.717) is 17.2 Å². The van der Waals surface area contributed by atoms with E-state index in [0.717, 1.165) is 35.6 Å². The maximum Gasteiger partial charge on any atom is 0.407 e. The Morgan fingerprint density at radius 2 is 2.00 bits per heavy atom. The fraction of sp³-hybridized carbons (Fsp3) is 0.480. The van der Waals surface area contributed by atoms with Crippen molar-refractivity contribution in [1.82, 2.24) is 25.0 Å². The topological polar surface area (TPSA) is 129 Å². The molecule has 1 amide bonds. The van der Waals surface area contributed by atoms with Crippen LogP contribution in [0.1, 0.15) is 57.4 Å². The first kappa shape index (κ1) is 27.1. The summed E-state index contributed by atoms with van der Waals surface area (Å²) in [5.41, 5.74) is 1.31. The molecule has 1 aromatic carbocycles. The number of anilines is 2. The molecule has 10 nitrogen and oxygen atoms in total. The summed E-state index contributed by atoms with van der Waals surface area (Å²) in [7, 11) is -1.91. The van der Waals surface area contributed by atoms with E-state index in [1.54, 1.807) is 36.5 Å². The minimum Gasteiger partial charge on any atom is -0.447 e. The smallest absolute Gasteiger partial charge is 0.407 e. The van der Waals surface area contributed by atoms with E-state index >= 15 is 0 Å². The summed E-state index contributed by atoms with van der Waals surface area (Å²) < 4.78 is 34.2. The maximum absolute atomic E-state index is 13.2. The van der Waals surface area contributed by atoms with Crippen molar-refractivity contribution in [2.75, 3.05) is 18.5 Å². The lowest BCUT2D eigenvalue weighted by molar-refractivity contribution is 0.109. The summed E-state index contributed by atoms with van der Waals surface area (Å²) in [5, 5.41) is 3.94. The molecule has 3 N–H and O–H groups in total. The molecule has 1 fully saturated rings. The van der Waals surface area contributed by atoms with Crippen molar-refractivity contribution < 1.29 is 17.9 Å². The number of imidazole rings is 1. The normalized spacial score (nSPS) is 18.1. The number of amides is 1. The van der Waals surface area contributed by atoms with Crippen LogP contribution in [0.2, 0.25) is 0 Å². The molecule has 1 saturated carbocycles. The largest absolute Gasteiger partial charge is 0.447 e. The van der Waals surface area contributed by atoms with Crippen molar-refractivity contribution in [3.8, 4) is 10.4 Å². The van der Waals surface area contributed by atoms with Gasteiger partial charge < -0.3 is 19.9 Å². The molecular weight excluding hydrogens is 512 g/mol. The first-order chi connectivity index (χ1) is 17.7. The van der Waals surface area contributed by atoms with Crippen LogP contribution in [-0.4, -0.2) is 55.2 Å². The lowest BCUT2D eigenvalue weighted by atomic mass is 9.86. The Labute approximate surface area is 221 Å². The quantitative estimate of drug-likeness (QED) is 0.353. The van der Waals surface area contributed by atoms with E-state index in [4.69, 9.17) is 4.74 Å². The van der Waals surface area contributed by atoms with Crippen molar-refractivity contribution in [3.05, 3.63) is 41.8 Å². The summed E-state index contributed by atoms with van der Waals surface area (Å²) in [6.07, 6.45) is 8.11. The Kier molecular flexibility index (Phi) is 8.50. The minimum absolute atomic E-state index is 0.0949. The molecule has 0 saturated heterocycles. The molecule has 4 rings (SSSR count). The van der Waals surface area contributed by atoms with Gasteiger partial charge in [-0.05, 0) is 51.7 Å². The second-order valence-corrected chi connectivity index (χ2v) is 12.2. The van der Waals surface area contributed by atoms with Crippen molar-refractivity contribution in [2.45, 2.75) is 69.4 Å². The molecule has 0 radical (unpaired) electrons. The molecular formula is C25H34N6O4S2. The van der Waals surface area contributed by atoms with Crippen LogP contribution in [0.15, 0.2) is 41.7 Å². The van der Waals surface area contributed by atoms with Crippen LogP contribution >= 0.6 is 11.3 Å². The molecule has 12 heteroatoms. The molecule has 0 bridgehead atoms. The van der Waals surface area contributed by atoms with Gasteiger partial charge in [0.15, 0.2) is 0 Å². The first-order valence-corrected chi connectivity index (χ1v) is 14.8. The van der Waals surface area contributed by atoms with E-state index in [9.17, 15) is 13.2 Å². The molecule has 200 valence electrons. The summed E-state index contributed by atoms with van der Waals surface area (Å²) in [6.45, 7) is 5.71. The van der Waals surface area contributed by atoms with Gasteiger partial charge in [0.05, 0.1) is 20.9 Å². The van der Waals surface area contributed by atoms with Gasteiger partial charge in [0.25, 0.3) is 0 Å². The summed E-state index contributed by atoms with van der Waals surface area (Å²) in [4.78, 5) is 26.7. The van der Waals surface area contributed by atoms with Crippen LogP contribution < -0.4 is 14.9 Å². The lowest BCUT2D eigenvalue weighted by Gasteiger charge is -2.28. The van der Waals surface area contributed by atoms with Gasteiger partial charge in [-0.2, -0.15) is 0 Å². The number of ether oxygens (including phenoxy) is 1. The molecule has 0 atom stereocenters. The first-order valence-electron chi connectivity index (χ1n) is 12.5. The number of sulfonamides is 1. The standard InChI is InChI=1S/C25H34N6O4S2/c1-5-29-37(33,34)22-14-19(31(4)24-26-12-13-27-24)10-11-20(22)21-15-28-23(36-21)17-6-8-18(9-7-17)30-25(32)35-16(2)3/h10-18,29H,5-9H2,1-4H3,(H,26,27)(H,30,32). The summed E-state index contributed by atoms with van der Waals surface area (Å²) in [5.74, 6) is 0.887. The third-order valence-corrected chi connectivity index (χ3v) is 9.09. The van der Waals surface area contributed by atoms with Gasteiger partial charge in [-0.15, -0.1) is 11.3 Å². The zero-order valence-electron chi connectivity index (χ0n) is 21.5. The van der Waals surface area contributed by atoms with Gasteiger partial charge in [-0.25, -0.2) is 27.9 Å². The minimum atomic E-state index is -3.74. The number of hydrogen-bond acceptors (Lipinski definition) is 8. The number of carbonyl (C=O) groups is 1. The number of nitrogens with one attached hydrogen (secondary N) is 3. The molecule has 3 aromatic rings. The van der Waals surface area contributed by atoms with Crippen molar-refractivity contribution in [2.24, 2.45) is 0 Å². The van der Waals surface area contributed by atoms with E-state index in [2.05, 4.69) is 25.0 Å². The van der Waals surface area contributed by atoms with Gasteiger partial charge in [0, 0.05) is 55.4 Å². The van der Waals surface area contributed by atoms with Crippen LogP contribution in [0.4, 0.5) is 16.4 Å². The Morgan fingerprint density at radius 3 is 2.65 bits per heavy atom. The second-order valence-electron chi connectivity index (χ2n) is 9.36.